The van der Waals surface area contributed by atoms with Crippen molar-refractivity contribution < 1.29 is 0 Å². The predicted molar refractivity (Wildman–Crippen MR) is 532 cm³/mol. The van der Waals surface area contributed by atoms with Gasteiger partial charge in [-0.15, -0.1) is 0 Å². The Bertz CT molecular complexity index is 7210. The van der Waals surface area contributed by atoms with Crippen LogP contribution in [0.2, 0.25) is 0 Å². The van der Waals surface area contributed by atoms with Gasteiger partial charge in [0, 0.05) is 43.8 Å². The molecule has 2 spiro atoms. The first-order chi connectivity index (χ1) is 63.0. The summed E-state index contributed by atoms with van der Waals surface area (Å²) in [5.41, 5.74) is 39.2. The van der Waals surface area contributed by atoms with Crippen molar-refractivity contribution >= 4 is 44.4 Å². The van der Waals surface area contributed by atoms with Crippen molar-refractivity contribution in [3.63, 3.8) is 0 Å². The molecule has 20 aromatic carbocycles. The Kier molecular flexibility index (Phi) is 20.1. The molecule has 0 amide bonds. The van der Waals surface area contributed by atoms with E-state index in [-0.39, 0.29) is 0 Å². The zero-order chi connectivity index (χ0) is 84.7. The smallest absolute Gasteiger partial charge is 0.0720 e. The van der Waals surface area contributed by atoms with Crippen molar-refractivity contribution in [2.24, 2.45) is 0 Å². The first-order valence-electron chi connectivity index (χ1n) is 43.9. The Morgan fingerprint density at radius 2 is 0.441 bits per heavy atom. The summed E-state index contributed by atoms with van der Waals surface area (Å²) in [4.78, 5) is 2.50. The van der Waals surface area contributed by atoms with Crippen molar-refractivity contribution in [3.05, 3.63) is 615 Å². The SMILES string of the molecule is Brc1cccc2c1-c1ccccc1C21c2ccccc2C(c2ccccc2)(c2ccccc2)c2ccccc21.c1ccc(-c2ccc(N(c3ccccc3-c3ccccc3)c3cccc4c3-c3ccccc3C43c4ccccc4C(c4ccccc4)(c4ccccc4)c4ccccc43)cc2)cc1.c1ccc(-c2ccc(Nc3ccccc3-c3ccccc3)cc2)cc1. The van der Waals surface area contributed by atoms with Gasteiger partial charge in [-0.1, -0.05) is 489 Å². The van der Waals surface area contributed by atoms with Crippen LogP contribution in [-0.4, -0.2) is 0 Å². The highest BCUT2D eigenvalue weighted by Gasteiger charge is 2.59. The van der Waals surface area contributed by atoms with Gasteiger partial charge in [-0.05, 0) is 182 Å². The molecule has 1 N–H and O–H groups in total. The Labute approximate surface area is 752 Å². The van der Waals surface area contributed by atoms with Crippen LogP contribution < -0.4 is 10.2 Å². The van der Waals surface area contributed by atoms with E-state index in [9.17, 15) is 0 Å². The van der Waals surface area contributed by atoms with Crippen LogP contribution in [0, 0.1) is 0 Å². The summed E-state index contributed by atoms with van der Waals surface area (Å²) in [5.74, 6) is 0. The first kappa shape index (κ1) is 77.5. The van der Waals surface area contributed by atoms with E-state index in [1.165, 1.54) is 156 Å². The van der Waals surface area contributed by atoms with Crippen LogP contribution in [0.15, 0.2) is 526 Å². The molecular formula is C124H87BrN2. The van der Waals surface area contributed by atoms with E-state index in [1.54, 1.807) is 0 Å². The average molecular weight is 1680 g/mol. The second-order valence-electron chi connectivity index (χ2n) is 33.2. The molecule has 0 atom stereocenters. The van der Waals surface area contributed by atoms with Crippen LogP contribution in [0.3, 0.4) is 0 Å². The van der Waals surface area contributed by atoms with E-state index in [4.69, 9.17) is 0 Å². The lowest BCUT2D eigenvalue weighted by atomic mass is 9.51. The lowest BCUT2D eigenvalue weighted by Crippen LogP contribution is -2.44. The maximum Gasteiger partial charge on any atom is 0.0720 e. The molecule has 4 aliphatic rings. The van der Waals surface area contributed by atoms with Crippen molar-refractivity contribution in [2.75, 3.05) is 10.2 Å². The number of hydrogen-bond acceptors (Lipinski definition) is 2. The lowest BCUT2D eigenvalue weighted by Gasteiger charge is -2.50. The molecule has 127 heavy (non-hydrogen) atoms. The van der Waals surface area contributed by atoms with Gasteiger partial charge in [-0.2, -0.15) is 0 Å². The maximum absolute atomic E-state index is 3.94. The van der Waals surface area contributed by atoms with Crippen LogP contribution in [0.25, 0.3) is 66.8 Å². The third kappa shape index (κ3) is 12.7. The first-order valence-corrected chi connectivity index (χ1v) is 44.7. The summed E-state index contributed by atoms with van der Waals surface area (Å²) in [6.07, 6.45) is 0. The Morgan fingerprint density at radius 3 is 0.850 bits per heavy atom. The summed E-state index contributed by atoms with van der Waals surface area (Å²) in [5, 5.41) is 3.55. The Balaban J connectivity index is 0.000000126. The summed E-state index contributed by atoms with van der Waals surface area (Å²) in [6.45, 7) is 0. The summed E-state index contributed by atoms with van der Waals surface area (Å²) in [6, 6.07) is 191. The van der Waals surface area contributed by atoms with Gasteiger partial charge in [0.15, 0.2) is 0 Å². The minimum atomic E-state index is -0.607. The second kappa shape index (κ2) is 32.9. The van der Waals surface area contributed by atoms with Gasteiger partial charge < -0.3 is 10.2 Å². The van der Waals surface area contributed by atoms with Crippen molar-refractivity contribution in [3.8, 4) is 66.8 Å². The minimum Gasteiger partial charge on any atom is -0.355 e. The fourth-order valence-corrected chi connectivity index (χ4v) is 22.3. The predicted octanol–water partition coefficient (Wildman–Crippen LogP) is 31.8. The summed E-state index contributed by atoms with van der Waals surface area (Å²) in [7, 11) is 0. The van der Waals surface area contributed by atoms with Crippen LogP contribution >= 0.6 is 15.9 Å². The lowest BCUT2D eigenvalue weighted by molar-refractivity contribution is 0.623. The number of rotatable bonds is 13. The van der Waals surface area contributed by atoms with Crippen molar-refractivity contribution in [1.82, 2.24) is 0 Å². The number of nitrogens with zero attached hydrogens (tertiary/aromatic N) is 1. The fraction of sp³-hybridized carbons (Fsp3) is 0.0323. The van der Waals surface area contributed by atoms with E-state index in [0.29, 0.717) is 0 Å². The van der Waals surface area contributed by atoms with Crippen LogP contribution in [0.4, 0.5) is 28.4 Å². The molecule has 3 heteroatoms. The van der Waals surface area contributed by atoms with E-state index >= 15 is 0 Å². The molecule has 0 radical (unpaired) electrons. The van der Waals surface area contributed by atoms with Crippen LogP contribution in [0.5, 0.6) is 0 Å². The molecular weight excluding hydrogens is 1600 g/mol. The van der Waals surface area contributed by atoms with Crippen molar-refractivity contribution in [2.45, 2.75) is 21.7 Å². The topological polar surface area (TPSA) is 15.3 Å². The summed E-state index contributed by atoms with van der Waals surface area (Å²) >= 11 is 3.94. The third-order valence-corrected chi connectivity index (χ3v) is 27.5. The molecule has 0 heterocycles. The molecule has 4 aliphatic carbocycles. The Hall–Kier alpha value is -15.5. The van der Waals surface area contributed by atoms with Gasteiger partial charge in [0.25, 0.3) is 0 Å². The molecule has 20 aromatic rings. The molecule has 0 bridgehead atoms. The highest BCUT2D eigenvalue weighted by Crippen LogP contribution is 2.68. The number of anilines is 5. The summed E-state index contributed by atoms with van der Waals surface area (Å²) < 4.78 is 1.14. The zero-order valence-electron chi connectivity index (χ0n) is 70.0. The quantitative estimate of drug-likeness (QED) is 0.124. The fourth-order valence-electron chi connectivity index (χ4n) is 21.8. The number of benzene rings is 20. The van der Waals surface area contributed by atoms with E-state index in [2.05, 4.69) is 536 Å². The zero-order valence-corrected chi connectivity index (χ0v) is 71.6. The highest BCUT2D eigenvalue weighted by molar-refractivity contribution is 9.10. The van der Waals surface area contributed by atoms with E-state index in [0.717, 1.165) is 32.9 Å². The standard InChI is InChI=1S/C62H43N.C38H25Br.C24H19N/c1-5-22-44(23-6-1)45-40-42-49(43-41-45)63(58-38-20-14-30-50(58)46-24-7-2-8-25-46)59-39-21-37-57-60(59)51-31-13-15-32-52(51)62(57)55-35-18-16-33-53(55)61(47-26-9-3-10-27-47,48-28-11-4-12-29-48)54-34-17-19-36-56(54)62;39-35-25-13-24-34-36(35)28-18-7-8-19-29(28)38(34)32-22-11-9-20-30(32)37(26-14-3-1-4-15-26,27-16-5-2-6-17-27)31-21-10-12-23-33(31)38;1-3-9-19(10-4-1)20-15-17-22(18-16-20)25-24-14-8-7-13-23(24)21-11-5-2-6-12-21/h1-43H;1-25H;1-18,25H. The molecule has 600 valence electrons. The Morgan fingerprint density at radius 1 is 0.173 bits per heavy atom. The van der Waals surface area contributed by atoms with Gasteiger partial charge in [-0.3, -0.25) is 0 Å². The van der Waals surface area contributed by atoms with Gasteiger partial charge >= 0.3 is 0 Å². The molecule has 0 aliphatic heterocycles. The molecule has 0 aromatic heterocycles. The average Bonchev–Trinajstić information content (AvgIpc) is 1.57. The van der Waals surface area contributed by atoms with Gasteiger partial charge in [0.1, 0.15) is 0 Å². The molecule has 24 rings (SSSR count). The molecule has 0 unspecified atom stereocenters. The van der Waals surface area contributed by atoms with Crippen molar-refractivity contribution in [1.29, 1.82) is 0 Å². The minimum absolute atomic E-state index is 0.421. The van der Waals surface area contributed by atoms with E-state index in [1.807, 2.05) is 12.1 Å². The van der Waals surface area contributed by atoms with Gasteiger partial charge in [-0.25, -0.2) is 0 Å². The molecule has 0 fully saturated rings. The largest absolute Gasteiger partial charge is 0.355 e. The normalized spacial score (nSPS) is 13.5. The van der Waals surface area contributed by atoms with Crippen LogP contribution in [0.1, 0.15) is 89.0 Å². The number of hydrogen-bond donors (Lipinski definition) is 1. The number of para-hydroxylation sites is 2. The van der Waals surface area contributed by atoms with E-state index < -0.39 is 21.7 Å². The second-order valence-corrected chi connectivity index (χ2v) is 34.1. The monoisotopic (exact) mass is 1680 g/mol. The third-order valence-electron chi connectivity index (χ3n) is 26.8. The van der Waals surface area contributed by atoms with Crippen LogP contribution in [-0.2, 0) is 21.7 Å². The van der Waals surface area contributed by atoms with Gasteiger partial charge in [0.05, 0.1) is 33.0 Å². The highest BCUT2D eigenvalue weighted by atomic mass is 79.9. The number of nitrogens with one attached hydrogen (secondary N) is 1. The molecule has 2 nitrogen and oxygen atoms in total. The number of halogens is 1. The molecule has 0 saturated carbocycles. The molecule has 0 saturated heterocycles. The van der Waals surface area contributed by atoms with Gasteiger partial charge in [0.2, 0.25) is 0 Å². The number of fused-ring (bicyclic) bond motifs is 18. The maximum atomic E-state index is 3.94.